The molecule has 134 valence electrons. The summed E-state index contributed by atoms with van der Waals surface area (Å²) in [6.45, 7) is 0. The van der Waals surface area contributed by atoms with Gasteiger partial charge in [0.05, 0.1) is 11.6 Å². The Morgan fingerprint density at radius 1 is 0.536 bits per heavy atom. The highest BCUT2D eigenvalue weighted by Gasteiger charge is 2.49. The van der Waals surface area contributed by atoms with Crippen molar-refractivity contribution in [1.82, 2.24) is 0 Å². The van der Waals surface area contributed by atoms with Crippen molar-refractivity contribution in [2.45, 2.75) is 0 Å². The lowest BCUT2D eigenvalue weighted by Crippen LogP contribution is -2.34. The van der Waals surface area contributed by atoms with Gasteiger partial charge in [0.2, 0.25) is 0 Å². The third-order valence-corrected chi connectivity index (χ3v) is 8.15. The van der Waals surface area contributed by atoms with Gasteiger partial charge in [-0.25, -0.2) is 0 Å². The standard InChI is InChI=1S/C25H19NOP/c26-20-21-16-18-22(19-17-21)27-28(23-10-4-1-5-11-23,24-12-6-2-7-13-24)25-14-8-3-9-15-25/h1-19H/q+1. The van der Waals surface area contributed by atoms with Crippen LogP contribution in [0.3, 0.4) is 0 Å². The molecule has 0 aliphatic rings. The molecule has 4 aromatic rings. The van der Waals surface area contributed by atoms with Gasteiger partial charge < -0.3 is 4.52 Å². The summed E-state index contributed by atoms with van der Waals surface area (Å²) in [5.41, 5.74) is 0.621. The van der Waals surface area contributed by atoms with Crippen molar-refractivity contribution in [3.63, 3.8) is 0 Å². The zero-order valence-electron chi connectivity index (χ0n) is 15.3. The first-order valence-electron chi connectivity index (χ1n) is 9.08. The first kappa shape index (κ1) is 18.0. The summed E-state index contributed by atoms with van der Waals surface area (Å²) in [6.07, 6.45) is 0. The molecule has 3 heteroatoms. The molecule has 4 aromatic carbocycles. The number of nitriles is 1. The second kappa shape index (κ2) is 8.09. The molecule has 0 saturated heterocycles. The molecule has 0 heterocycles. The van der Waals surface area contributed by atoms with Crippen molar-refractivity contribution >= 4 is 23.4 Å². The lowest BCUT2D eigenvalue weighted by Gasteiger charge is -2.26. The second-order valence-corrected chi connectivity index (χ2v) is 9.29. The van der Waals surface area contributed by atoms with Crippen molar-refractivity contribution < 1.29 is 4.52 Å². The highest BCUT2D eigenvalue weighted by molar-refractivity contribution is 7.92. The summed E-state index contributed by atoms with van der Waals surface area (Å²) in [7, 11) is -2.38. The lowest BCUT2D eigenvalue weighted by atomic mass is 10.2. The van der Waals surface area contributed by atoms with Gasteiger partial charge in [0.15, 0.2) is 5.75 Å². The molecule has 0 spiro atoms. The van der Waals surface area contributed by atoms with Crippen molar-refractivity contribution in [2.24, 2.45) is 0 Å². The molecule has 0 N–H and O–H groups in total. The van der Waals surface area contributed by atoms with Crippen LogP contribution in [0.1, 0.15) is 5.56 Å². The van der Waals surface area contributed by atoms with Crippen molar-refractivity contribution in [1.29, 1.82) is 5.26 Å². The van der Waals surface area contributed by atoms with E-state index >= 15 is 0 Å². The molecule has 4 rings (SSSR count). The Labute approximate surface area is 166 Å². The fourth-order valence-electron chi connectivity index (χ4n) is 3.27. The van der Waals surface area contributed by atoms with E-state index in [0.717, 1.165) is 21.7 Å². The Balaban J connectivity index is 1.96. The fourth-order valence-corrected chi connectivity index (χ4v) is 6.69. The minimum absolute atomic E-state index is 0.621. The molecule has 0 saturated carbocycles. The minimum atomic E-state index is -2.38. The molecule has 0 radical (unpaired) electrons. The van der Waals surface area contributed by atoms with E-state index in [0.29, 0.717) is 5.56 Å². The van der Waals surface area contributed by atoms with Crippen LogP contribution in [0.4, 0.5) is 0 Å². The average molecular weight is 380 g/mol. The average Bonchev–Trinajstić information content (AvgIpc) is 2.80. The summed E-state index contributed by atoms with van der Waals surface area (Å²) >= 11 is 0. The molecule has 2 nitrogen and oxygen atoms in total. The highest BCUT2D eigenvalue weighted by Crippen LogP contribution is 2.56. The van der Waals surface area contributed by atoms with Gasteiger partial charge >= 0.3 is 0 Å². The Morgan fingerprint density at radius 2 is 0.929 bits per heavy atom. The predicted octanol–water partition coefficient (Wildman–Crippen LogP) is 4.85. The van der Waals surface area contributed by atoms with E-state index in [-0.39, 0.29) is 0 Å². The van der Waals surface area contributed by atoms with Crippen LogP contribution in [0.25, 0.3) is 0 Å². The van der Waals surface area contributed by atoms with Gasteiger partial charge in [-0.3, -0.25) is 0 Å². The molecule has 0 aromatic heterocycles. The van der Waals surface area contributed by atoms with Crippen molar-refractivity contribution in [3.8, 4) is 11.8 Å². The summed E-state index contributed by atoms with van der Waals surface area (Å²) < 4.78 is 6.86. The molecule has 28 heavy (non-hydrogen) atoms. The zero-order valence-corrected chi connectivity index (χ0v) is 16.2. The molecular weight excluding hydrogens is 361 g/mol. The van der Waals surface area contributed by atoms with Gasteiger partial charge in [0.25, 0.3) is 7.49 Å². The van der Waals surface area contributed by atoms with E-state index in [2.05, 4.69) is 78.9 Å². The Kier molecular flexibility index (Phi) is 5.20. The maximum absolute atomic E-state index is 9.11. The number of rotatable bonds is 5. The maximum atomic E-state index is 9.11. The van der Waals surface area contributed by atoms with Crippen LogP contribution < -0.4 is 20.4 Å². The normalized spacial score (nSPS) is 10.8. The predicted molar refractivity (Wildman–Crippen MR) is 117 cm³/mol. The van der Waals surface area contributed by atoms with Crippen LogP contribution in [0.15, 0.2) is 115 Å². The molecule has 0 bridgehead atoms. The summed E-state index contributed by atoms with van der Waals surface area (Å²) in [5.74, 6) is 0.754. The van der Waals surface area contributed by atoms with Crippen LogP contribution >= 0.6 is 7.49 Å². The Hall–Kier alpha value is -3.40. The molecule has 0 atom stereocenters. The van der Waals surface area contributed by atoms with Crippen LogP contribution in [0, 0.1) is 11.3 Å². The molecule has 0 fully saturated rings. The number of nitrogens with zero attached hydrogens (tertiary/aromatic N) is 1. The molecular formula is C25H19NOP+. The number of hydrogen-bond donors (Lipinski definition) is 0. The summed E-state index contributed by atoms with van der Waals surface area (Å²) in [5, 5.41) is 12.6. The largest absolute Gasteiger partial charge is 0.334 e. The first-order valence-corrected chi connectivity index (χ1v) is 10.8. The van der Waals surface area contributed by atoms with E-state index in [1.54, 1.807) is 12.1 Å². The van der Waals surface area contributed by atoms with Crippen LogP contribution in [0.5, 0.6) is 5.75 Å². The quantitative estimate of drug-likeness (QED) is 0.464. The van der Waals surface area contributed by atoms with Crippen molar-refractivity contribution in [2.75, 3.05) is 0 Å². The molecule has 0 aliphatic carbocycles. The topological polar surface area (TPSA) is 33.0 Å². The van der Waals surface area contributed by atoms with E-state index in [1.165, 1.54) is 0 Å². The van der Waals surface area contributed by atoms with Crippen LogP contribution in [0.2, 0.25) is 0 Å². The van der Waals surface area contributed by atoms with Gasteiger partial charge in [-0.05, 0) is 60.7 Å². The van der Waals surface area contributed by atoms with E-state index in [9.17, 15) is 0 Å². The van der Waals surface area contributed by atoms with Crippen LogP contribution in [-0.4, -0.2) is 0 Å². The monoisotopic (exact) mass is 380 g/mol. The maximum Gasteiger partial charge on any atom is 0.287 e. The molecule has 0 unspecified atom stereocenters. The molecule has 0 aliphatic heterocycles. The Bertz CT molecular complexity index is 976. The van der Waals surface area contributed by atoms with Gasteiger partial charge in [0.1, 0.15) is 15.9 Å². The summed E-state index contributed by atoms with van der Waals surface area (Å²) in [6, 6.07) is 40.7. The van der Waals surface area contributed by atoms with E-state index in [1.807, 2.05) is 30.3 Å². The SMILES string of the molecule is N#Cc1ccc(O[P+](c2ccccc2)(c2ccccc2)c2ccccc2)cc1. The van der Waals surface area contributed by atoms with Gasteiger partial charge in [-0.15, -0.1) is 0 Å². The third-order valence-electron chi connectivity index (χ3n) is 4.59. The van der Waals surface area contributed by atoms with Gasteiger partial charge in [0, 0.05) is 0 Å². The van der Waals surface area contributed by atoms with Crippen molar-refractivity contribution in [3.05, 3.63) is 121 Å². The second-order valence-electron chi connectivity index (χ2n) is 6.34. The third kappa shape index (κ3) is 3.41. The highest BCUT2D eigenvalue weighted by atomic mass is 31.2. The molecule has 0 amide bonds. The number of hydrogen-bond acceptors (Lipinski definition) is 2. The Morgan fingerprint density at radius 3 is 1.29 bits per heavy atom. The first-order chi connectivity index (χ1) is 13.8. The minimum Gasteiger partial charge on any atom is -0.334 e. The van der Waals surface area contributed by atoms with Crippen LogP contribution in [-0.2, 0) is 0 Å². The van der Waals surface area contributed by atoms with Gasteiger partial charge in [-0.1, -0.05) is 54.6 Å². The van der Waals surface area contributed by atoms with E-state index in [4.69, 9.17) is 9.79 Å². The van der Waals surface area contributed by atoms with E-state index < -0.39 is 7.49 Å². The fraction of sp³-hybridized carbons (Fsp3) is 0. The lowest BCUT2D eigenvalue weighted by molar-refractivity contribution is 0.620. The number of benzene rings is 4. The smallest absolute Gasteiger partial charge is 0.287 e. The zero-order chi connectivity index (χ0) is 19.2. The van der Waals surface area contributed by atoms with Gasteiger partial charge in [-0.2, -0.15) is 5.26 Å². The summed E-state index contributed by atoms with van der Waals surface area (Å²) in [4.78, 5) is 0.